The van der Waals surface area contributed by atoms with Gasteiger partial charge in [0.15, 0.2) is 5.69 Å². The van der Waals surface area contributed by atoms with Gasteiger partial charge in [-0.25, -0.2) is 0 Å². The van der Waals surface area contributed by atoms with Crippen LogP contribution in [0.25, 0.3) is 0 Å². The highest BCUT2D eigenvalue weighted by molar-refractivity contribution is 6.08. The van der Waals surface area contributed by atoms with E-state index in [-0.39, 0.29) is 35.8 Å². The van der Waals surface area contributed by atoms with Crippen molar-refractivity contribution in [2.45, 2.75) is 19.8 Å². The van der Waals surface area contributed by atoms with Gasteiger partial charge in [-0.3, -0.25) is 14.7 Å². The third-order valence-electron chi connectivity index (χ3n) is 3.30. The molecule has 0 atom stereocenters. The number of aromatic amines is 1. The van der Waals surface area contributed by atoms with E-state index in [4.69, 9.17) is 5.73 Å². The number of rotatable bonds is 6. The van der Waals surface area contributed by atoms with Crippen LogP contribution in [0.15, 0.2) is 30.3 Å². The average molecular weight is 352 g/mol. The zero-order valence-corrected chi connectivity index (χ0v) is 14.4. The molecule has 1 aromatic heterocycles. The summed E-state index contributed by atoms with van der Waals surface area (Å²) in [6.07, 6.45) is 0. The van der Waals surface area contributed by atoms with Gasteiger partial charge in [-0.2, -0.15) is 5.10 Å². The third kappa shape index (κ3) is 4.81. The monoisotopic (exact) mass is 351 g/mol. The first-order chi connectivity index (χ1) is 11.0. The largest absolute Gasteiger partial charge is 0.351 e. The van der Waals surface area contributed by atoms with E-state index in [9.17, 15) is 9.59 Å². The first kappa shape index (κ1) is 19.7. The Balaban J connectivity index is 0.00000288. The van der Waals surface area contributed by atoms with Crippen molar-refractivity contribution in [3.8, 4) is 0 Å². The van der Waals surface area contributed by atoms with Crippen LogP contribution in [0.3, 0.4) is 0 Å². The molecule has 2 rings (SSSR count). The van der Waals surface area contributed by atoms with Gasteiger partial charge in [0, 0.05) is 18.8 Å². The molecule has 5 N–H and O–H groups in total. The molecule has 0 radical (unpaired) electrons. The van der Waals surface area contributed by atoms with Crippen molar-refractivity contribution in [3.63, 3.8) is 0 Å². The molecule has 0 aliphatic rings. The van der Waals surface area contributed by atoms with E-state index in [1.807, 2.05) is 13.8 Å². The van der Waals surface area contributed by atoms with Crippen LogP contribution in [0.2, 0.25) is 0 Å². The average Bonchev–Trinajstić information content (AvgIpc) is 3.03. The molecule has 2 aromatic rings. The topological polar surface area (TPSA) is 113 Å². The molecule has 0 saturated heterocycles. The van der Waals surface area contributed by atoms with Crippen molar-refractivity contribution in [1.82, 2.24) is 15.5 Å². The van der Waals surface area contributed by atoms with Gasteiger partial charge in [-0.1, -0.05) is 26.0 Å². The van der Waals surface area contributed by atoms with Gasteiger partial charge < -0.3 is 16.4 Å². The van der Waals surface area contributed by atoms with E-state index in [1.54, 1.807) is 30.3 Å². The number of nitrogens with one attached hydrogen (secondary N) is 3. The normalized spacial score (nSPS) is 10.2. The number of aromatic nitrogens is 2. The fourth-order valence-electron chi connectivity index (χ4n) is 2.01. The molecule has 0 bridgehead atoms. The first-order valence-corrected chi connectivity index (χ1v) is 7.47. The highest BCUT2D eigenvalue weighted by atomic mass is 35.5. The van der Waals surface area contributed by atoms with Crippen LogP contribution in [0.5, 0.6) is 0 Å². The Bertz CT molecular complexity index is 699. The second-order valence-corrected chi connectivity index (χ2v) is 5.41. The fourth-order valence-corrected chi connectivity index (χ4v) is 2.01. The summed E-state index contributed by atoms with van der Waals surface area (Å²) in [5.74, 6) is -0.401. The molecule has 8 heteroatoms. The summed E-state index contributed by atoms with van der Waals surface area (Å²) < 4.78 is 0. The molecule has 0 fully saturated rings. The van der Waals surface area contributed by atoms with Crippen LogP contribution in [0.1, 0.15) is 46.3 Å². The van der Waals surface area contributed by atoms with Gasteiger partial charge in [-0.05, 0) is 24.1 Å². The lowest BCUT2D eigenvalue weighted by molar-refractivity contribution is 0.0955. The van der Waals surface area contributed by atoms with E-state index >= 15 is 0 Å². The zero-order valence-electron chi connectivity index (χ0n) is 13.6. The minimum atomic E-state index is -0.368. The standard InChI is InChI=1S/C16H21N5O2.ClH/c1-10(2)13-9-14(21-20-13)16(23)19-12-6-4-3-5-11(12)15(22)18-8-7-17;/h3-6,9-10H,7-8,17H2,1-2H3,(H,18,22)(H,19,23)(H,20,21);1H. The molecule has 0 aliphatic heterocycles. The molecule has 0 unspecified atom stereocenters. The maximum absolute atomic E-state index is 12.3. The van der Waals surface area contributed by atoms with Gasteiger partial charge in [0.2, 0.25) is 0 Å². The second-order valence-electron chi connectivity index (χ2n) is 5.41. The molecule has 1 heterocycles. The predicted molar refractivity (Wildman–Crippen MR) is 95.7 cm³/mol. The fraction of sp³-hybridized carbons (Fsp3) is 0.312. The predicted octanol–water partition coefficient (Wildman–Crippen LogP) is 1.90. The minimum absolute atomic E-state index is 0. The van der Waals surface area contributed by atoms with Crippen LogP contribution >= 0.6 is 12.4 Å². The van der Waals surface area contributed by atoms with Crippen LogP contribution < -0.4 is 16.4 Å². The highest BCUT2D eigenvalue weighted by Crippen LogP contribution is 2.17. The molecule has 0 spiro atoms. The molecular weight excluding hydrogens is 330 g/mol. The van der Waals surface area contributed by atoms with Crippen molar-refractivity contribution >= 4 is 29.9 Å². The van der Waals surface area contributed by atoms with Crippen molar-refractivity contribution in [3.05, 3.63) is 47.3 Å². The van der Waals surface area contributed by atoms with Gasteiger partial charge in [0.05, 0.1) is 11.3 Å². The first-order valence-electron chi connectivity index (χ1n) is 7.47. The lowest BCUT2D eigenvalue weighted by atomic mass is 10.1. The zero-order chi connectivity index (χ0) is 16.8. The number of hydrogen-bond donors (Lipinski definition) is 4. The van der Waals surface area contributed by atoms with Gasteiger partial charge in [0.25, 0.3) is 11.8 Å². The van der Waals surface area contributed by atoms with Crippen LogP contribution in [-0.4, -0.2) is 35.1 Å². The summed E-state index contributed by atoms with van der Waals surface area (Å²) in [5.41, 5.74) is 7.36. The summed E-state index contributed by atoms with van der Waals surface area (Å²) in [6.45, 7) is 4.74. The Morgan fingerprint density at radius 1 is 1.25 bits per heavy atom. The SMILES string of the molecule is CC(C)c1cc(C(=O)Nc2ccccc2C(=O)NCCN)n[nH]1.Cl. The van der Waals surface area contributed by atoms with Crippen LogP contribution in [-0.2, 0) is 0 Å². The van der Waals surface area contributed by atoms with E-state index in [2.05, 4.69) is 20.8 Å². The molecule has 130 valence electrons. The smallest absolute Gasteiger partial charge is 0.276 e. The number of nitrogens with two attached hydrogens (primary N) is 1. The number of halogens is 1. The number of anilines is 1. The number of H-pyrrole nitrogens is 1. The van der Waals surface area contributed by atoms with E-state index in [0.29, 0.717) is 24.3 Å². The van der Waals surface area contributed by atoms with Crippen LogP contribution in [0.4, 0.5) is 5.69 Å². The molecule has 2 amide bonds. The van der Waals surface area contributed by atoms with Gasteiger partial charge >= 0.3 is 0 Å². The Morgan fingerprint density at radius 2 is 1.96 bits per heavy atom. The highest BCUT2D eigenvalue weighted by Gasteiger charge is 2.16. The van der Waals surface area contributed by atoms with Crippen molar-refractivity contribution in [1.29, 1.82) is 0 Å². The van der Waals surface area contributed by atoms with E-state index < -0.39 is 0 Å². The number of amides is 2. The third-order valence-corrected chi connectivity index (χ3v) is 3.30. The van der Waals surface area contributed by atoms with Crippen LogP contribution in [0, 0.1) is 0 Å². The number of para-hydroxylation sites is 1. The minimum Gasteiger partial charge on any atom is -0.351 e. The second kappa shape index (κ2) is 9.05. The molecular formula is C16H22ClN5O2. The lowest BCUT2D eigenvalue weighted by Crippen LogP contribution is -2.30. The Kier molecular flexibility index (Phi) is 7.41. The number of benzene rings is 1. The summed E-state index contributed by atoms with van der Waals surface area (Å²) in [6, 6.07) is 8.51. The molecule has 24 heavy (non-hydrogen) atoms. The number of carbonyl (C=O) groups excluding carboxylic acids is 2. The van der Waals surface area contributed by atoms with Gasteiger partial charge in [-0.15, -0.1) is 12.4 Å². The molecule has 0 aliphatic carbocycles. The molecule has 7 nitrogen and oxygen atoms in total. The molecule has 1 aromatic carbocycles. The van der Waals surface area contributed by atoms with Crippen molar-refractivity contribution in [2.24, 2.45) is 5.73 Å². The summed E-state index contributed by atoms with van der Waals surface area (Å²) in [4.78, 5) is 24.4. The number of carbonyl (C=O) groups is 2. The molecule has 0 saturated carbocycles. The quantitative estimate of drug-likeness (QED) is 0.636. The Morgan fingerprint density at radius 3 is 2.58 bits per heavy atom. The number of hydrogen-bond acceptors (Lipinski definition) is 4. The van der Waals surface area contributed by atoms with Gasteiger partial charge in [0.1, 0.15) is 0 Å². The van der Waals surface area contributed by atoms with Crippen molar-refractivity contribution < 1.29 is 9.59 Å². The maximum atomic E-state index is 12.3. The van der Waals surface area contributed by atoms with E-state index in [0.717, 1.165) is 5.69 Å². The van der Waals surface area contributed by atoms with Crippen molar-refractivity contribution in [2.75, 3.05) is 18.4 Å². The summed E-state index contributed by atoms with van der Waals surface area (Å²) in [7, 11) is 0. The van der Waals surface area contributed by atoms with E-state index in [1.165, 1.54) is 0 Å². The summed E-state index contributed by atoms with van der Waals surface area (Å²) in [5, 5.41) is 12.2. The lowest BCUT2D eigenvalue weighted by Gasteiger charge is -2.10. The summed E-state index contributed by atoms with van der Waals surface area (Å²) >= 11 is 0. The Labute approximate surface area is 146 Å². The maximum Gasteiger partial charge on any atom is 0.276 e. The number of nitrogens with zero attached hydrogens (tertiary/aromatic N) is 1. The Hall–Kier alpha value is -2.38.